The van der Waals surface area contributed by atoms with Crippen LogP contribution < -0.4 is 10.1 Å². The minimum Gasteiger partial charge on any atom is -0.493 e. The molecule has 1 aromatic heterocycles. The summed E-state index contributed by atoms with van der Waals surface area (Å²) in [4.78, 5) is 26.7. The smallest absolute Gasteiger partial charge is 0.239 e. The Hall–Kier alpha value is -2.34. The van der Waals surface area contributed by atoms with Gasteiger partial charge in [-0.05, 0) is 48.4 Å². The van der Waals surface area contributed by atoms with Gasteiger partial charge in [0.1, 0.15) is 5.75 Å². The number of nitrogens with one attached hydrogen (secondary N) is 1. The van der Waals surface area contributed by atoms with Gasteiger partial charge < -0.3 is 4.74 Å². The molecule has 0 aliphatic carbocycles. The normalized spacial score (nSPS) is 12.9. The first kappa shape index (κ1) is 21.0. The van der Waals surface area contributed by atoms with Crippen molar-refractivity contribution in [3.05, 3.63) is 59.4 Å². The van der Waals surface area contributed by atoms with Crippen LogP contribution in [0.5, 0.6) is 5.75 Å². The molecule has 2 unspecified atom stereocenters. The number of amides is 2. The minimum absolute atomic E-state index is 0.198. The van der Waals surface area contributed by atoms with Crippen LogP contribution in [-0.4, -0.2) is 35.4 Å². The Kier molecular flexibility index (Phi) is 8.33. The highest BCUT2D eigenvalue weighted by molar-refractivity contribution is 7.99. The van der Waals surface area contributed by atoms with Crippen LogP contribution >= 0.6 is 11.8 Å². The molecule has 6 heteroatoms. The van der Waals surface area contributed by atoms with E-state index in [1.165, 1.54) is 17.3 Å². The van der Waals surface area contributed by atoms with E-state index in [9.17, 15) is 9.59 Å². The summed E-state index contributed by atoms with van der Waals surface area (Å²) in [6, 6.07) is 11.9. The van der Waals surface area contributed by atoms with E-state index in [2.05, 4.69) is 36.3 Å². The average Bonchev–Trinajstić information content (AvgIpc) is 2.71. The number of aryl methyl sites for hydroxylation is 1. The van der Waals surface area contributed by atoms with Gasteiger partial charge in [0, 0.05) is 17.8 Å². The molecular weight excluding hydrogens is 360 g/mol. The average molecular weight is 387 g/mol. The lowest BCUT2D eigenvalue weighted by Crippen LogP contribution is -2.32. The minimum atomic E-state index is -0.292. The topological polar surface area (TPSA) is 68.3 Å². The number of imide groups is 1. The summed E-state index contributed by atoms with van der Waals surface area (Å²) in [7, 11) is 0. The van der Waals surface area contributed by atoms with Crippen molar-refractivity contribution in [1.82, 2.24) is 10.3 Å². The van der Waals surface area contributed by atoms with Gasteiger partial charge in [-0.15, -0.1) is 0 Å². The summed E-state index contributed by atoms with van der Waals surface area (Å²) >= 11 is 1.42. The molecule has 2 atom stereocenters. The largest absolute Gasteiger partial charge is 0.493 e. The van der Waals surface area contributed by atoms with Crippen LogP contribution in [0.2, 0.25) is 0 Å². The maximum atomic E-state index is 11.8. The Morgan fingerprint density at radius 2 is 1.93 bits per heavy atom. The molecule has 1 N–H and O–H groups in total. The summed E-state index contributed by atoms with van der Waals surface area (Å²) in [5.74, 6) is 0.713. The zero-order valence-corrected chi connectivity index (χ0v) is 16.8. The molecule has 2 rings (SSSR count). The Balaban J connectivity index is 1.89. The number of thioether (sulfide) groups is 1. The SMILES string of the molecule is CCc1ccc(C(C)COc2ccc(CC(SC)C(=O)NC=O)cc2)nc1. The second-order valence-corrected chi connectivity index (χ2v) is 7.40. The van der Waals surface area contributed by atoms with E-state index < -0.39 is 0 Å². The van der Waals surface area contributed by atoms with Gasteiger partial charge in [0.2, 0.25) is 12.3 Å². The molecule has 1 aromatic carbocycles. The van der Waals surface area contributed by atoms with E-state index in [4.69, 9.17) is 4.74 Å². The summed E-state index contributed by atoms with van der Waals surface area (Å²) in [5, 5.41) is 1.92. The van der Waals surface area contributed by atoms with Crippen molar-refractivity contribution in [1.29, 1.82) is 0 Å². The first-order valence-electron chi connectivity index (χ1n) is 9.00. The second kappa shape index (κ2) is 10.7. The van der Waals surface area contributed by atoms with Crippen LogP contribution in [-0.2, 0) is 22.4 Å². The summed E-state index contributed by atoms with van der Waals surface area (Å²) < 4.78 is 5.88. The van der Waals surface area contributed by atoms with Gasteiger partial charge in [0.15, 0.2) is 0 Å². The fourth-order valence-corrected chi connectivity index (χ4v) is 3.25. The number of hydrogen-bond donors (Lipinski definition) is 1. The van der Waals surface area contributed by atoms with Gasteiger partial charge in [-0.25, -0.2) is 0 Å². The van der Waals surface area contributed by atoms with Crippen molar-refractivity contribution < 1.29 is 14.3 Å². The van der Waals surface area contributed by atoms with Crippen LogP contribution in [0.4, 0.5) is 0 Å². The summed E-state index contributed by atoms with van der Waals surface area (Å²) in [6.07, 6.45) is 5.75. The fourth-order valence-electron chi connectivity index (χ4n) is 2.61. The van der Waals surface area contributed by atoms with Crippen LogP contribution in [0.3, 0.4) is 0 Å². The van der Waals surface area contributed by atoms with Gasteiger partial charge in [-0.1, -0.05) is 32.0 Å². The number of hydrogen-bond acceptors (Lipinski definition) is 5. The lowest BCUT2D eigenvalue weighted by atomic mass is 10.1. The quantitative estimate of drug-likeness (QED) is 0.634. The van der Waals surface area contributed by atoms with Gasteiger partial charge in [0.25, 0.3) is 0 Å². The van der Waals surface area contributed by atoms with Crippen LogP contribution in [0.1, 0.15) is 36.6 Å². The molecule has 2 aromatic rings. The van der Waals surface area contributed by atoms with Crippen molar-refractivity contribution in [2.24, 2.45) is 0 Å². The number of benzene rings is 1. The van der Waals surface area contributed by atoms with E-state index in [0.717, 1.165) is 23.4 Å². The van der Waals surface area contributed by atoms with Crippen molar-refractivity contribution in [3.8, 4) is 5.75 Å². The number of aromatic nitrogens is 1. The van der Waals surface area contributed by atoms with E-state index in [0.29, 0.717) is 19.4 Å². The van der Waals surface area contributed by atoms with E-state index in [-0.39, 0.29) is 17.1 Å². The number of pyridine rings is 1. The van der Waals surface area contributed by atoms with Crippen molar-refractivity contribution in [2.75, 3.05) is 12.9 Å². The lowest BCUT2D eigenvalue weighted by Gasteiger charge is -2.15. The molecular formula is C21H26N2O3S. The zero-order chi connectivity index (χ0) is 19.6. The van der Waals surface area contributed by atoms with Gasteiger partial charge in [-0.3, -0.25) is 19.9 Å². The molecule has 144 valence electrons. The Morgan fingerprint density at radius 3 is 2.48 bits per heavy atom. The molecule has 5 nitrogen and oxygen atoms in total. The molecule has 1 heterocycles. The third-order valence-corrected chi connectivity index (χ3v) is 5.33. The van der Waals surface area contributed by atoms with E-state index in [1.807, 2.05) is 36.7 Å². The molecule has 0 bridgehead atoms. The third-order valence-electron chi connectivity index (χ3n) is 4.38. The van der Waals surface area contributed by atoms with Crippen molar-refractivity contribution in [3.63, 3.8) is 0 Å². The van der Waals surface area contributed by atoms with Gasteiger partial charge in [-0.2, -0.15) is 11.8 Å². The number of nitrogens with zero attached hydrogens (tertiary/aromatic N) is 1. The van der Waals surface area contributed by atoms with Crippen LogP contribution in [0.25, 0.3) is 0 Å². The molecule has 0 radical (unpaired) electrons. The van der Waals surface area contributed by atoms with Crippen molar-refractivity contribution in [2.45, 2.75) is 37.9 Å². The molecule has 0 saturated carbocycles. The Labute approximate surface area is 164 Å². The summed E-state index contributed by atoms with van der Waals surface area (Å²) in [6.45, 7) is 4.76. The van der Waals surface area contributed by atoms with Gasteiger partial charge >= 0.3 is 0 Å². The standard InChI is InChI=1S/C21H26N2O3S/c1-4-16-7-10-19(22-12-16)15(2)13-26-18-8-5-17(6-9-18)11-20(27-3)21(25)23-14-24/h5-10,12,14-15,20H,4,11,13H2,1-3H3,(H,23,24,25). The lowest BCUT2D eigenvalue weighted by molar-refractivity contribution is -0.124. The summed E-state index contributed by atoms with van der Waals surface area (Å²) in [5.41, 5.74) is 3.27. The predicted octanol–water partition coefficient (Wildman–Crippen LogP) is 3.37. The van der Waals surface area contributed by atoms with Crippen LogP contribution in [0, 0.1) is 0 Å². The number of ether oxygens (including phenoxy) is 1. The van der Waals surface area contributed by atoms with E-state index in [1.54, 1.807) is 0 Å². The van der Waals surface area contributed by atoms with E-state index >= 15 is 0 Å². The third kappa shape index (κ3) is 6.40. The second-order valence-electron chi connectivity index (χ2n) is 6.36. The molecule has 0 aliphatic rings. The highest BCUT2D eigenvalue weighted by Gasteiger charge is 2.17. The molecule has 0 spiro atoms. The molecule has 2 amide bonds. The molecule has 0 saturated heterocycles. The predicted molar refractivity (Wildman–Crippen MR) is 109 cm³/mol. The number of carbonyl (C=O) groups is 2. The monoisotopic (exact) mass is 386 g/mol. The first-order chi connectivity index (χ1) is 13.1. The fraction of sp³-hybridized carbons (Fsp3) is 0.381. The molecule has 0 aliphatic heterocycles. The van der Waals surface area contributed by atoms with Crippen molar-refractivity contribution >= 4 is 24.1 Å². The number of carbonyl (C=O) groups excluding carboxylic acids is 2. The van der Waals surface area contributed by atoms with Gasteiger partial charge in [0.05, 0.1) is 11.9 Å². The number of rotatable bonds is 10. The molecule has 0 fully saturated rings. The first-order valence-corrected chi connectivity index (χ1v) is 10.3. The Morgan fingerprint density at radius 1 is 1.22 bits per heavy atom. The van der Waals surface area contributed by atoms with Crippen LogP contribution in [0.15, 0.2) is 42.6 Å². The molecule has 27 heavy (non-hydrogen) atoms. The highest BCUT2D eigenvalue weighted by atomic mass is 32.2. The Bertz CT molecular complexity index is 732. The highest BCUT2D eigenvalue weighted by Crippen LogP contribution is 2.20. The zero-order valence-electron chi connectivity index (χ0n) is 16.0. The maximum Gasteiger partial charge on any atom is 0.239 e. The maximum absolute atomic E-state index is 11.8.